The van der Waals surface area contributed by atoms with Gasteiger partial charge in [0.2, 0.25) is 0 Å². The SMILES string of the molecule is c1ccc2c(c1)-c1ccccc1C21c2ccccc2-c2ccc(Nc3ccc(-c4ccc5cccc(-c6ccc7ccccc7c6)c5c4)cc3)cc21. The molecule has 0 atom stereocenters. The van der Waals surface area contributed by atoms with Crippen LogP contribution in [0.3, 0.4) is 0 Å². The Bertz CT molecular complexity index is 2810. The highest BCUT2D eigenvalue weighted by Gasteiger charge is 2.51. The molecular weight excluding hydrogens is 627 g/mol. The van der Waals surface area contributed by atoms with E-state index in [-0.39, 0.29) is 5.41 Å². The van der Waals surface area contributed by atoms with Crippen LogP contribution in [0.5, 0.6) is 0 Å². The molecule has 0 amide bonds. The lowest BCUT2D eigenvalue weighted by atomic mass is 9.70. The summed E-state index contributed by atoms with van der Waals surface area (Å²) >= 11 is 0. The molecule has 1 heteroatoms. The number of nitrogens with one attached hydrogen (secondary N) is 1. The van der Waals surface area contributed by atoms with E-state index in [1.807, 2.05) is 0 Å². The van der Waals surface area contributed by atoms with Gasteiger partial charge in [0, 0.05) is 11.4 Å². The molecule has 1 nitrogen and oxygen atoms in total. The third kappa shape index (κ3) is 4.17. The number of anilines is 2. The van der Waals surface area contributed by atoms with Crippen molar-refractivity contribution in [2.75, 3.05) is 5.32 Å². The molecule has 11 rings (SSSR count). The normalized spacial score (nSPS) is 13.2. The predicted octanol–water partition coefficient (Wildman–Crippen LogP) is 13.4. The molecule has 1 spiro atoms. The van der Waals surface area contributed by atoms with Gasteiger partial charge in [-0.15, -0.1) is 0 Å². The standard InChI is InChI=1S/C51H33N/c1-2-11-36-30-38(23-20-33(36)10-1)41-16-9-12-35-21-22-37(31-46(35)41)34-24-26-39(27-25-34)52-40-28-29-45-44-15-5-8-19-49(44)51(50(45)32-40)47-17-6-3-13-42(47)43-14-4-7-18-48(43)51/h1-32,52H. The Balaban J connectivity index is 0.956. The first-order valence-electron chi connectivity index (χ1n) is 18.1. The molecule has 0 unspecified atom stereocenters. The Labute approximate surface area is 303 Å². The number of benzene rings is 9. The number of fused-ring (bicyclic) bond motifs is 12. The summed E-state index contributed by atoms with van der Waals surface area (Å²) in [7, 11) is 0. The maximum absolute atomic E-state index is 3.77. The van der Waals surface area contributed by atoms with Crippen molar-refractivity contribution in [2.45, 2.75) is 5.41 Å². The molecule has 0 saturated heterocycles. The van der Waals surface area contributed by atoms with Crippen molar-refractivity contribution in [3.8, 4) is 44.5 Å². The van der Waals surface area contributed by atoms with Gasteiger partial charge in [0.1, 0.15) is 0 Å². The van der Waals surface area contributed by atoms with Crippen molar-refractivity contribution in [2.24, 2.45) is 0 Å². The Morgan fingerprint density at radius 1 is 0.288 bits per heavy atom. The van der Waals surface area contributed by atoms with Gasteiger partial charge in [-0.3, -0.25) is 0 Å². The maximum Gasteiger partial charge on any atom is 0.0726 e. The Morgan fingerprint density at radius 3 is 1.52 bits per heavy atom. The first kappa shape index (κ1) is 29.1. The zero-order chi connectivity index (χ0) is 34.2. The minimum Gasteiger partial charge on any atom is -0.356 e. The molecule has 2 aliphatic carbocycles. The molecule has 9 aromatic rings. The van der Waals surface area contributed by atoms with Gasteiger partial charge in [0.05, 0.1) is 5.41 Å². The molecule has 0 bridgehead atoms. The highest BCUT2D eigenvalue weighted by molar-refractivity contribution is 6.01. The van der Waals surface area contributed by atoms with Crippen LogP contribution in [0.2, 0.25) is 0 Å². The summed E-state index contributed by atoms with van der Waals surface area (Å²) < 4.78 is 0. The Morgan fingerprint density at radius 2 is 0.808 bits per heavy atom. The minimum absolute atomic E-state index is 0.345. The van der Waals surface area contributed by atoms with Crippen molar-refractivity contribution in [3.05, 3.63) is 216 Å². The van der Waals surface area contributed by atoms with E-state index in [0.717, 1.165) is 11.4 Å². The molecule has 242 valence electrons. The minimum atomic E-state index is -0.345. The highest BCUT2D eigenvalue weighted by Crippen LogP contribution is 2.63. The highest BCUT2D eigenvalue weighted by atomic mass is 14.9. The largest absolute Gasteiger partial charge is 0.356 e. The average Bonchev–Trinajstić information content (AvgIpc) is 3.68. The topological polar surface area (TPSA) is 12.0 Å². The van der Waals surface area contributed by atoms with E-state index in [0.29, 0.717) is 0 Å². The fourth-order valence-electron chi connectivity index (χ4n) is 9.15. The molecule has 0 saturated carbocycles. The van der Waals surface area contributed by atoms with Crippen LogP contribution in [0, 0.1) is 0 Å². The average molecular weight is 660 g/mol. The van der Waals surface area contributed by atoms with E-state index >= 15 is 0 Å². The first-order chi connectivity index (χ1) is 25.8. The summed E-state index contributed by atoms with van der Waals surface area (Å²) in [6, 6.07) is 71.5. The molecule has 0 aliphatic heterocycles. The quantitative estimate of drug-likeness (QED) is 0.198. The summed E-state index contributed by atoms with van der Waals surface area (Å²) in [5.41, 5.74) is 17.4. The summed E-state index contributed by atoms with van der Waals surface area (Å²) in [4.78, 5) is 0. The third-order valence-corrected chi connectivity index (χ3v) is 11.4. The third-order valence-electron chi connectivity index (χ3n) is 11.4. The first-order valence-corrected chi connectivity index (χ1v) is 18.1. The number of rotatable bonds is 4. The van der Waals surface area contributed by atoms with Gasteiger partial charge in [-0.1, -0.05) is 158 Å². The number of hydrogen-bond donors (Lipinski definition) is 1. The summed E-state index contributed by atoms with van der Waals surface area (Å²) in [6.07, 6.45) is 0. The predicted molar refractivity (Wildman–Crippen MR) is 218 cm³/mol. The lowest BCUT2D eigenvalue weighted by molar-refractivity contribution is 0.794. The lowest BCUT2D eigenvalue weighted by Gasteiger charge is -2.30. The second-order valence-electron chi connectivity index (χ2n) is 14.2. The maximum atomic E-state index is 3.77. The summed E-state index contributed by atoms with van der Waals surface area (Å²) in [5, 5.41) is 8.80. The van der Waals surface area contributed by atoms with Crippen LogP contribution in [-0.4, -0.2) is 0 Å². The van der Waals surface area contributed by atoms with Gasteiger partial charge in [0.25, 0.3) is 0 Å². The van der Waals surface area contributed by atoms with E-state index in [9.17, 15) is 0 Å². The van der Waals surface area contributed by atoms with E-state index in [1.165, 1.54) is 88.3 Å². The van der Waals surface area contributed by atoms with Gasteiger partial charge < -0.3 is 5.32 Å². The van der Waals surface area contributed by atoms with E-state index in [2.05, 4.69) is 199 Å². The molecule has 1 N–H and O–H groups in total. The second kappa shape index (κ2) is 11.2. The zero-order valence-corrected chi connectivity index (χ0v) is 28.5. The summed E-state index contributed by atoms with van der Waals surface area (Å²) in [6.45, 7) is 0. The molecule has 2 aliphatic rings. The smallest absolute Gasteiger partial charge is 0.0726 e. The molecule has 9 aromatic carbocycles. The molecule has 0 heterocycles. The van der Waals surface area contributed by atoms with Crippen molar-refractivity contribution in [3.63, 3.8) is 0 Å². The van der Waals surface area contributed by atoms with Gasteiger partial charge in [-0.05, 0) is 125 Å². The van der Waals surface area contributed by atoms with Crippen LogP contribution in [0.1, 0.15) is 22.3 Å². The van der Waals surface area contributed by atoms with Crippen molar-refractivity contribution in [1.29, 1.82) is 0 Å². The van der Waals surface area contributed by atoms with Crippen LogP contribution in [0.15, 0.2) is 194 Å². The van der Waals surface area contributed by atoms with Crippen molar-refractivity contribution < 1.29 is 0 Å². The molecule has 0 aromatic heterocycles. The summed E-state index contributed by atoms with van der Waals surface area (Å²) in [5.74, 6) is 0. The van der Waals surface area contributed by atoms with Crippen molar-refractivity contribution in [1.82, 2.24) is 0 Å². The fraction of sp³-hybridized carbons (Fsp3) is 0.0196. The van der Waals surface area contributed by atoms with Gasteiger partial charge in [-0.25, -0.2) is 0 Å². The van der Waals surface area contributed by atoms with Crippen LogP contribution >= 0.6 is 0 Å². The fourth-order valence-corrected chi connectivity index (χ4v) is 9.15. The molecule has 0 radical (unpaired) electrons. The lowest BCUT2D eigenvalue weighted by Crippen LogP contribution is -2.25. The van der Waals surface area contributed by atoms with Gasteiger partial charge in [0.15, 0.2) is 0 Å². The Hall–Kier alpha value is -6.70. The van der Waals surface area contributed by atoms with Crippen LogP contribution in [0.4, 0.5) is 11.4 Å². The van der Waals surface area contributed by atoms with Crippen LogP contribution < -0.4 is 5.32 Å². The van der Waals surface area contributed by atoms with Crippen molar-refractivity contribution >= 4 is 32.9 Å². The van der Waals surface area contributed by atoms with Gasteiger partial charge >= 0.3 is 0 Å². The van der Waals surface area contributed by atoms with E-state index in [1.54, 1.807) is 0 Å². The second-order valence-corrected chi connectivity index (χ2v) is 14.2. The number of hydrogen-bond acceptors (Lipinski definition) is 1. The monoisotopic (exact) mass is 659 g/mol. The molecular formula is C51H33N. The molecule has 0 fully saturated rings. The van der Waals surface area contributed by atoms with Crippen LogP contribution in [-0.2, 0) is 5.41 Å². The van der Waals surface area contributed by atoms with E-state index < -0.39 is 0 Å². The van der Waals surface area contributed by atoms with E-state index in [4.69, 9.17) is 0 Å². The zero-order valence-electron chi connectivity index (χ0n) is 28.5. The Kier molecular flexibility index (Phi) is 6.23. The molecule has 52 heavy (non-hydrogen) atoms. The van der Waals surface area contributed by atoms with Gasteiger partial charge in [-0.2, -0.15) is 0 Å². The van der Waals surface area contributed by atoms with Crippen LogP contribution in [0.25, 0.3) is 66.1 Å².